The molecule has 1 atom stereocenters. The van der Waals surface area contributed by atoms with E-state index in [1.54, 1.807) is 11.3 Å². The van der Waals surface area contributed by atoms with Gasteiger partial charge in [-0.1, -0.05) is 11.6 Å². The molecule has 0 aromatic carbocycles. The van der Waals surface area contributed by atoms with Crippen LogP contribution in [0.4, 0.5) is 0 Å². The smallest absolute Gasteiger partial charge is 0.162 e. The lowest BCUT2D eigenvalue weighted by molar-refractivity contribution is -0.0933. The SMILES string of the molecule is Clc1nc(C2COCCO2)nc2sccc12. The number of rotatable bonds is 1. The van der Waals surface area contributed by atoms with Gasteiger partial charge in [0.15, 0.2) is 5.82 Å². The first-order valence-corrected chi connectivity index (χ1v) is 6.20. The zero-order valence-electron chi connectivity index (χ0n) is 8.35. The Labute approximate surface area is 101 Å². The molecule has 0 N–H and O–H groups in total. The van der Waals surface area contributed by atoms with Crippen molar-refractivity contribution >= 4 is 33.2 Å². The maximum Gasteiger partial charge on any atom is 0.162 e. The Hall–Kier alpha value is -0.750. The highest BCUT2D eigenvalue weighted by Gasteiger charge is 2.21. The van der Waals surface area contributed by atoms with Gasteiger partial charge in [0.25, 0.3) is 0 Å². The molecule has 2 aromatic heterocycles. The number of hydrogen-bond donors (Lipinski definition) is 0. The Kier molecular flexibility index (Phi) is 2.77. The number of nitrogens with zero attached hydrogens (tertiary/aromatic N) is 2. The van der Waals surface area contributed by atoms with Gasteiger partial charge in [0.1, 0.15) is 16.1 Å². The average Bonchev–Trinajstić information content (AvgIpc) is 2.79. The molecular weight excluding hydrogens is 248 g/mol. The summed E-state index contributed by atoms with van der Waals surface area (Å²) < 4.78 is 10.9. The van der Waals surface area contributed by atoms with Crippen molar-refractivity contribution in [1.29, 1.82) is 0 Å². The molecule has 1 unspecified atom stereocenters. The van der Waals surface area contributed by atoms with E-state index in [0.29, 0.717) is 30.8 Å². The van der Waals surface area contributed by atoms with E-state index in [9.17, 15) is 0 Å². The van der Waals surface area contributed by atoms with Crippen LogP contribution in [-0.2, 0) is 9.47 Å². The maximum atomic E-state index is 6.08. The fourth-order valence-electron chi connectivity index (χ4n) is 1.62. The first kappa shape index (κ1) is 10.4. The fourth-order valence-corrected chi connectivity index (χ4v) is 2.68. The minimum Gasteiger partial charge on any atom is -0.376 e. The van der Waals surface area contributed by atoms with Crippen molar-refractivity contribution in [2.45, 2.75) is 6.10 Å². The molecule has 2 aromatic rings. The van der Waals surface area contributed by atoms with Crippen molar-refractivity contribution in [1.82, 2.24) is 9.97 Å². The Morgan fingerprint density at radius 1 is 1.38 bits per heavy atom. The highest BCUT2D eigenvalue weighted by molar-refractivity contribution is 7.16. The first-order valence-electron chi connectivity index (χ1n) is 4.94. The molecule has 84 valence electrons. The summed E-state index contributed by atoms with van der Waals surface area (Å²) in [6.07, 6.45) is -0.197. The third-order valence-electron chi connectivity index (χ3n) is 2.40. The molecule has 0 amide bonds. The lowest BCUT2D eigenvalue weighted by atomic mass is 10.3. The highest BCUT2D eigenvalue weighted by Crippen LogP contribution is 2.27. The van der Waals surface area contributed by atoms with Gasteiger partial charge in [0.05, 0.1) is 19.8 Å². The first-order chi connectivity index (χ1) is 7.84. The molecule has 1 saturated heterocycles. The van der Waals surface area contributed by atoms with Crippen LogP contribution in [0, 0.1) is 0 Å². The Morgan fingerprint density at radius 3 is 3.12 bits per heavy atom. The van der Waals surface area contributed by atoms with E-state index in [-0.39, 0.29) is 6.10 Å². The summed E-state index contributed by atoms with van der Waals surface area (Å²) in [5.74, 6) is 0.611. The number of hydrogen-bond acceptors (Lipinski definition) is 5. The lowest BCUT2D eigenvalue weighted by Gasteiger charge is -2.21. The summed E-state index contributed by atoms with van der Waals surface area (Å²) in [5, 5.41) is 3.33. The molecule has 1 aliphatic rings. The van der Waals surface area contributed by atoms with E-state index in [1.165, 1.54) is 0 Å². The van der Waals surface area contributed by atoms with E-state index in [0.717, 1.165) is 10.2 Å². The predicted octanol–water partition coefficient (Wildman–Crippen LogP) is 2.43. The van der Waals surface area contributed by atoms with Crippen molar-refractivity contribution < 1.29 is 9.47 Å². The van der Waals surface area contributed by atoms with Gasteiger partial charge in [-0.2, -0.15) is 0 Å². The molecule has 0 saturated carbocycles. The van der Waals surface area contributed by atoms with E-state index in [1.807, 2.05) is 11.4 Å². The summed E-state index contributed by atoms with van der Waals surface area (Å²) in [4.78, 5) is 9.58. The van der Waals surface area contributed by atoms with Crippen LogP contribution < -0.4 is 0 Å². The third kappa shape index (κ3) is 1.80. The van der Waals surface area contributed by atoms with Gasteiger partial charge in [0, 0.05) is 5.39 Å². The van der Waals surface area contributed by atoms with Crippen molar-refractivity contribution in [3.63, 3.8) is 0 Å². The summed E-state index contributed by atoms with van der Waals surface area (Å²) in [6, 6.07) is 1.92. The largest absolute Gasteiger partial charge is 0.376 e. The van der Waals surface area contributed by atoms with Crippen molar-refractivity contribution in [3.8, 4) is 0 Å². The number of aromatic nitrogens is 2. The van der Waals surface area contributed by atoms with Crippen molar-refractivity contribution in [2.75, 3.05) is 19.8 Å². The van der Waals surface area contributed by atoms with Crippen LogP contribution in [0.15, 0.2) is 11.4 Å². The zero-order chi connectivity index (χ0) is 11.0. The number of halogens is 1. The molecule has 1 aliphatic heterocycles. The van der Waals surface area contributed by atoms with E-state index >= 15 is 0 Å². The number of ether oxygens (including phenoxy) is 2. The van der Waals surface area contributed by atoms with Gasteiger partial charge in [-0.3, -0.25) is 0 Å². The average molecular weight is 257 g/mol. The molecule has 3 heterocycles. The molecule has 16 heavy (non-hydrogen) atoms. The quantitative estimate of drug-likeness (QED) is 0.735. The number of thiophene rings is 1. The topological polar surface area (TPSA) is 44.2 Å². The van der Waals surface area contributed by atoms with Crippen LogP contribution in [0.5, 0.6) is 0 Å². The van der Waals surface area contributed by atoms with Gasteiger partial charge in [-0.05, 0) is 11.4 Å². The fraction of sp³-hybridized carbons (Fsp3) is 0.400. The van der Waals surface area contributed by atoms with Crippen molar-refractivity contribution in [2.24, 2.45) is 0 Å². The maximum absolute atomic E-state index is 6.08. The summed E-state index contributed by atoms with van der Waals surface area (Å²) in [7, 11) is 0. The standard InChI is InChI=1S/C10H9ClN2O2S/c11-8-6-1-4-16-10(6)13-9(12-8)7-5-14-2-3-15-7/h1,4,7H,2-3,5H2. The van der Waals surface area contributed by atoms with Gasteiger partial charge in [0.2, 0.25) is 0 Å². The summed E-state index contributed by atoms with van der Waals surface area (Å²) in [5.41, 5.74) is 0. The Morgan fingerprint density at radius 2 is 2.31 bits per heavy atom. The van der Waals surface area contributed by atoms with E-state index in [2.05, 4.69) is 9.97 Å². The normalized spacial score (nSPS) is 21.4. The van der Waals surface area contributed by atoms with Crippen LogP contribution in [0.3, 0.4) is 0 Å². The zero-order valence-corrected chi connectivity index (χ0v) is 9.92. The van der Waals surface area contributed by atoms with Gasteiger partial charge >= 0.3 is 0 Å². The number of fused-ring (bicyclic) bond motifs is 1. The molecule has 3 rings (SSSR count). The van der Waals surface area contributed by atoms with Crippen molar-refractivity contribution in [3.05, 3.63) is 22.4 Å². The van der Waals surface area contributed by atoms with Crippen LogP contribution in [0.2, 0.25) is 5.15 Å². The second-order valence-electron chi connectivity index (χ2n) is 3.45. The predicted molar refractivity (Wildman–Crippen MR) is 61.9 cm³/mol. The highest BCUT2D eigenvalue weighted by atomic mass is 35.5. The van der Waals surface area contributed by atoms with Gasteiger partial charge < -0.3 is 9.47 Å². The van der Waals surface area contributed by atoms with Gasteiger partial charge in [-0.15, -0.1) is 11.3 Å². The molecule has 0 aliphatic carbocycles. The molecule has 4 nitrogen and oxygen atoms in total. The molecule has 6 heteroatoms. The van der Waals surface area contributed by atoms with Crippen LogP contribution in [-0.4, -0.2) is 29.8 Å². The lowest BCUT2D eigenvalue weighted by Crippen LogP contribution is -2.23. The molecule has 0 bridgehead atoms. The second-order valence-corrected chi connectivity index (χ2v) is 4.70. The van der Waals surface area contributed by atoms with E-state index < -0.39 is 0 Å². The molecular formula is C10H9ClN2O2S. The molecule has 1 fully saturated rings. The minimum absolute atomic E-state index is 0.197. The minimum atomic E-state index is -0.197. The summed E-state index contributed by atoms with van der Waals surface area (Å²) >= 11 is 7.63. The Balaban J connectivity index is 2.02. The van der Waals surface area contributed by atoms with Crippen LogP contribution >= 0.6 is 22.9 Å². The monoisotopic (exact) mass is 256 g/mol. The van der Waals surface area contributed by atoms with Crippen LogP contribution in [0.1, 0.15) is 11.9 Å². The summed E-state index contributed by atoms with van der Waals surface area (Å²) in [6.45, 7) is 1.70. The molecule has 0 radical (unpaired) electrons. The van der Waals surface area contributed by atoms with Crippen LogP contribution in [0.25, 0.3) is 10.2 Å². The van der Waals surface area contributed by atoms with E-state index in [4.69, 9.17) is 21.1 Å². The molecule has 0 spiro atoms. The third-order valence-corrected chi connectivity index (χ3v) is 3.49. The second kappa shape index (κ2) is 4.25. The van der Waals surface area contributed by atoms with Gasteiger partial charge in [-0.25, -0.2) is 9.97 Å². The Bertz CT molecular complexity index is 510.